The molecule has 1 saturated carbocycles. The van der Waals surface area contributed by atoms with E-state index in [0.29, 0.717) is 12.6 Å². The van der Waals surface area contributed by atoms with Crippen LogP contribution >= 0.6 is 0 Å². The van der Waals surface area contributed by atoms with Crippen molar-refractivity contribution in [2.75, 3.05) is 30.9 Å². The Morgan fingerprint density at radius 2 is 1.73 bits per heavy atom. The second-order valence-corrected chi connectivity index (χ2v) is 8.73. The third-order valence-electron chi connectivity index (χ3n) is 6.20. The maximum atomic E-state index is 13.8. The van der Waals surface area contributed by atoms with Crippen molar-refractivity contribution < 1.29 is 18.0 Å². The molecule has 5 nitrogen and oxygen atoms in total. The Labute approximate surface area is 191 Å². The van der Waals surface area contributed by atoms with Crippen LogP contribution in [0.3, 0.4) is 0 Å². The Bertz CT molecular complexity index is 1160. The van der Waals surface area contributed by atoms with Crippen LogP contribution in [0.1, 0.15) is 36.0 Å². The van der Waals surface area contributed by atoms with Crippen molar-refractivity contribution in [1.29, 1.82) is 0 Å². The fourth-order valence-electron chi connectivity index (χ4n) is 4.38. The van der Waals surface area contributed by atoms with Crippen molar-refractivity contribution in [3.63, 3.8) is 0 Å². The zero-order valence-electron chi connectivity index (χ0n) is 18.7. The zero-order valence-corrected chi connectivity index (χ0v) is 18.7. The Morgan fingerprint density at radius 3 is 2.45 bits per heavy atom. The third-order valence-corrected chi connectivity index (χ3v) is 6.20. The van der Waals surface area contributed by atoms with Crippen LogP contribution in [-0.4, -0.2) is 37.6 Å². The molecule has 0 bridgehead atoms. The largest absolute Gasteiger partial charge is 0.377 e. The molecule has 8 heteroatoms. The molecule has 1 aliphatic rings. The topological polar surface area (TPSA) is 57.3 Å². The van der Waals surface area contributed by atoms with E-state index >= 15 is 0 Å². The second-order valence-electron chi connectivity index (χ2n) is 8.73. The first-order valence-electron chi connectivity index (χ1n) is 11.1. The van der Waals surface area contributed by atoms with Crippen molar-refractivity contribution in [2.24, 2.45) is 5.92 Å². The number of fused-ring (bicyclic) bond motifs is 1. The van der Waals surface area contributed by atoms with Crippen molar-refractivity contribution in [3.05, 3.63) is 65.5 Å². The van der Waals surface area contributed by atoms with Crippen LogP contribution in [0.5, 0.6) is 0 Å². The molecule has 2 aromatic carbocycles. The van der Waals surface area contributed by atoms with Crippen LogP contribution in [0.15, 0.2) is 42.5 Å². The van der Waals surface area contributed by atoms with Crippen LogP contribution in [0, 0.1) is 23.4 Å². The highest BCUT2D eigenvalue weighted by Gasteiger charge is 2.25. The van der Waals surface area contributed by atoms with Gasteiger partial charge in [-0.1, -0.05) is 18.2 Å². The molecule has 0 saturated heterocycles. The normalized spacial score (nSPS) is 18.2. The standard InChI is InChI=1S/C25H27F3N4O/c1-32(2)21-13-22(31-20-6-4-3-5-17(20)21)30-16-9-7-15(8-10-16)14-29-25(33)23-18(26)11-12-19(27)24(23)28/h3-6,11-13,15-16H,7-10,14H2,1-2H3,(H,29,33)(H,30,31)/t15-,16+. The average molecular weight is 457 g/mol. The fourth-order valence-corrected chi connectivity index (χ4v) is 4.38. The van der Waals surface area contributed by atoms with Crippen LogP contribution in [0.2, 0.25) is 0 Å². The SMILES string of the molecule is CN(C)c1cc(N[C@H]2CC[C@@H](CNC(=O)c3c(F)ccc(F)c3F)CC2)nc2ccccc12. The number of rotatable bonds is 6. The van der Waals surface area contributed by atoms with E-state index in [1.165, 1.54) is 0 Å². The molecule has 3 aromatic rings. The number of amides is 1. The number of para-hydroxylation sites is 1. The lowest BCUT2D eigenvalue weighted by Gasteiger charge is -2.30. The molecule has 1 heterocycles. The van der Waals surface area contributed by atoms with Gasteiger partial charge in [0.25, 0.3) is 5.91 Å². The van der Waals surface area contributed by atoms with Gasteiger partial charge in [0.2, 0.25) is 0 Å². The zero-order chi connectivity index (χ0) is 23.5. The molecule has 1 aromatic heterocycles. The van der Waals surface area contributed by atoms with E-state index in [4.69, 9.17) is 4.98 Å². The molecule has 2 N–H and O–H groups in total. The first kappa shape index (κ1) is 22.9. The molecule has 4 rings (SSSR count). The Morgan fingerprint density at radius 1 is 1.03 bits per heavy atom. The van der Waals surface area contributed by atoms with Gasteiger partial charge in [0.1, 0.15) is 17.2 Å². The summed E-state index contributed by atoms with van der Waals surface area (Å²) >= 11 is 0. The smallest absolute Gasteiger partial charge is 0.257 e. The van der Waals surface area contributed by atoms with E-state index in [2.05, 4.69) is 27.7 Å². The number of benzene rings is 2. The van der Waals surface area contributed by atoms with E-state index in [1.807, 2.05) is 32.3 Å². The van der Waals surface area contributed by atoms with Gasteiger partial charge in [0, 0.05) is 43.8 Å². The molecule has 1 amide bonds. The monoisotopic (exact) mass is 456 g/mol. The number of anilines is 2. The van der Waals surface area contributed by atoms with Gasteiger partial charge in [-0.15, -0.1) is 0 Å². The van der Waals surface area contributed by atoms with Gasteiger partial charge >= 0.3 is 0 Å². The summed E-state index contributed by atoms with van der Waals surface area (Å²) in [6.45, 7) is 0.292. The quantitative estimate of drug-likeness (QED) is 0.506. The molecular weight excluding hydrogens is 429 g/mol. The van der Waals surface area contributed by atoms with Gasteiger partial charge in [-0.3, -0.25) is 4.79 Å². The van der Waals surface area contributed by atoms with Gasteiger partial charge in [0.15, 0.2) is 11.6 Å². The Hall–Kier alpha value is -3.29. The third kappa shape index (κ3) is 5.05. The highest BCUT2D eigenvalue weighted by molar-refractivity contribution is 5.95. The minimum Gasteiger partial charge on any atom is -0.377 e. The summed E-state index contributed by atoms with van der Waals surface area (Å²) in [5.41, 5.74) is 1.15. The van der Waals surface area contributed by atoms with Crippen molar-refractivity contribution >= 4 is 28.3 Å². The van der Waals surface area contributed by atoms with Gasteiger partial charge in [-0.25, -0.2) is 18.2 Å². The minimum absolute atomic E-state index is 0.189. The number of pyridine rings is 1. The number of carbonyl (C=O) groups excluding carboxylic acids is 1. The molecule has 1 fully saturated rings. The molecule has 0 spiro atoms. The number of halogens is 3. The molecule has 0 aliphatic heterocycles. The van der Waals surface area contributed by atoms with Gasteiger partial charge < -0.3 is 15.5 Å². The van der Waals surface area contributed by atoms with E-state index in [-0.39, 0.29) is 12.0 Å². The maximum absolute atomic E-state index is 13.8. The predicted octanol–water partition coefficient (Wildman–Crippen LogP) is 5.12. The van der Waals surface area contributed by atoms with E-state index < -0.39 is 28.9 Å². The van der Waals surface area contributed by atoms with Crippen LogP contribution in [0.25, 0.3) is 10.9 Å². The Balaban J connectivity index is 1.34. The van der Waals surface area contributed by atoms with Crippen LogP contribution in [0.4, 0.5) is 24.7 Å². The summed E-state index contributed by atoms with van der Waals surface area (Å²) in [5.74, 6) is -3.69. The number of hydrogen-bond donors (Lipinski definition) is 2. The summed E-state index contributed by atoms with van der Waals surface area (Å²) in [7, 11) is 4.01. The van der Waals surface area contributed by atoms with Crippen LogP contribution < -0.4 is 15.5 Å². The molecular formula is C25H27F3N4O. The van der Waals surface area contributed by atoms with Crippen molar-refractivity contribution in [2.45, 2.75) is 31.7 Å². The first-order valence-corrected chi connectivity index (χ1v) is 11.1. The van der Waals surface area contributed by atoms with E-state index in [9.17, 15) is 18.0 Å². The molecule has 174 valence electrons. The van der Waals surface area contributed by atoms with E-state index in [0.717, 1.165) is 54.2 Å². The second kappa shape index (κ2) is 9.68. The number of nitrogens with one attached hydrogen (secondary N) is 2. The first-order chi connectivity index (χ1) is 15.8. The van der Waals surface area contributed by atoms with Gasteiger partial charge in [-0.05, 0) is 49.8 Å². The van der Waals surface area contributed by atoms with Gasteiger partial charge in [0.05, 0.1) is 5.52 Å². The summed E-state index contributed by atoms with van der Waals surface area (Å²) in [6, 6.07) is 11.8. The highest BCUT2D eigenvalue weighted by Crippen LogP contribution is 2.30. The molecule has 0 unspecified atom stereocenters. The lowest BCUT2D eigenvalue weighted by Crippen LogP contribution is -2.34. The van der Waals surface area contributed by atoms with E-state index in [1.54, 1.807) is 0 Å². The number of carbonyl (C=O) groups is 1. The molecule has 0 radical (unpaired) electrons. The number of aromatic nitrogens is 1. The molecule has 1 aliphatic carbocycles. The summed E-state index contributed by atoms with van der Waals surface area (Å²) in [5, 5.41) is 7.19. The predicted molar refractivity (Wildman–Crippen MR) is 124 cm³/mol. The van der Waals surface area contributed by atoms with Crippen molar-refractivity contribution in [1.82, 2.24) is 10.3 Å². The lowest BCUT2D eigenvalue weighted by atomic mass is 9.86. The number of nitrogens with zero attached hydrogens (tertiary/aromatic N) is 2. The summed E-state index contributed by atoms with van der Waals surface area (Å²) in [4.78, 5) is 19.0. The maximum Gasteiger partial charge on any atom is 0.257 e. The van der Waals surface area contributed by atoms with Crippen molar-refractivity contribution in [3.8, 4) is 0 Å². The summed E-state index contributed by atoms with van der Waals surface area (Å²) < 4.78 is 41.0. The molecule has 0 atom stereocenters. The Kier molecular flexibility index (Phi) is 6.72. The number of hydrogen-bond acceptors (Lipinski definition) is 4. The lowest BCUT2D eigenvalue weighted by molar-refractivity contribution is 0.0933. The van der Waals surface area contributed by atoms with Gasteiger partial charge in [-0.2, -0.15) is 0 Å². The fraction of sp³-hybridized carbons (Fsp3) is 0.360. The summed E-state index contributed by atoms with van der Waals surface area (Å²) in [6.07, 6.45) is 3.46. The minimum atomic E-state index is -1.46. The molecule has 33 heavy (non-hydrogen) atoms. The average Bonchev–Trinajstić information content (AvgIpc) is 2.80. The van der Waals surface area contributed by atoms with Crippen LogP contribution in [-0.2, 0) is 0 Å². The highest BCUT2D eigenvalue weighted by atomic mass is 19.2.